The first kappa shape index (κ1) is 14.4. The van der Waals surface area contributed by atoms with E-state index in [0.717, 1.165) is 30.6 Å². The summed E-state index contributed by atoms with van der Waals surface area (Å²) in [5.74, 6) is 1.05. The Kier molecular flexibility index (Phi) is 3.26. The van der Waals surface area contributed by atoms with Crippen LogP contribution in [0.25, 0.3) is 10.8 Å². The fraction of sp³-hybridized carbons (Fsp3) is 0.438. The molecule has 1 aliphatic carbocycles. The summed E-state index contributed by atoms with van der Waals surface area (Å²) in [5.41, 5.74) is -0.0439. The average molecular weight is 331 g/mol. The number of aryl methyl sites for hydroxylation is 1. The summed E-state index contributed by atoms with van der Waals surface area (Å²) in [7, 11) is 0. The number of hydrogen-bond donors (Lipinski definition) is 1. The van der Waals surface area contributed by atoms with Gasteiger partial charge in [-0.1, -0.05) is 18.9 Å². The van der Waals surface area contributed by atoms with Crippen LogP contribution in [0.1, 0.15) is 37.1 Å². The van der Waals surface area contributed by atoms with E-state index >= 15 is 0 Å². The van der Waals surface area contributed by atoms with Gasteiger partial charge >= 0.3 is 6.03 Å². The summed E-state index contributed by atoms with van der Waals surface area (Å²) < 4.78 is 5.69. The Labute approximate surface area is 137 Å². The van der Waals surface area contributed by atoms with Crippen molar-refractivity contribution < 1.29 is 14.0 Å². The van der Waals surface area contributed by atoms with Crippen LogP contribution < -0.4 is 5.32 Å². The van der Waals surface area contributed by atoms with E-state index in [1.165, 1.54) is 4.90 Å². The first-order chi connectivity index (χ1) is 11.1. The van der Waals surface area contributed by atoms with Crippen LogP contribution >= 0.6 is 11.3 Å². The van der Waals surface area contributed by atoms with Crippen LogP contribution in [0.5, 0.6) is 0 Å². The molecular formula is C16H17N3O3S. The summed E-state index contributed by atoms with van der Waals surface area (Å²) in [6.07, 6.45) is 3.41. The van der Waals surface area contributed by atoms with Gasteiger partial charge in [0.2, 0.25) is 5.89 Å². The van der Waals surface area contributed by atoms with Crippen LogP contribution in [0.3, 0.4) is 0 Å². The minimum atomic E-state index is -0.675. The second kappa shape index (κ2) is 5.19. The second-order valence-electron chi connectivity index (χ2n) is 6.11. The van der Waals surface area contributed by atoms with Crippen molar-refractivity contribution in [2.75, 3.05) is 0 Å². The van der Waals surface area contributed by atoms with E-state index in [1.807, 2.05) is 24.4 Å². The second-order valence-corrected chi connectivity index (χ2v) is 7.06. The highest BCUT2D eigenvalue weighted by molar-refractivity contribution is 7.13. The maximum atomic E-state index is 12.7. The molecule has 23 heavy (non-hydrogen) atoms. The Balaban J connectivity index is 1.59. The number of aromatic nitrogens is 1. The van der Waals surface area contributed by atoms with E-state index in [2.05, 4.69) is 10.3 Å². The lowest BCUT2D eigenvalue weighted by molar-refractivity contribution is -0.131. The first-order valence-corrected chi connectivity index (χ1v) is 8.61. The topological polar surface area (TPSA) is 75.4 Å². The molecule has 3 heterocycles. The van der Waals surface area contributed by atoms with E-state index < -0.39 is 5.54 Å². The van der Waals surface area contributed by atoms with Crippen molar-refractivity contribution in [3.8, 4) is 10.8 Å². The Morgan fingerprint density at radius 2 is 2.17 bits per heavy atom. The highest BCUT2D eigenvalue weighted by Gasteiger charge is 2.52. The quantitative estimate of drug-likeness (QED) is 0.877. The number of imide groups is 1. The molecule has 0 radical (unpaired) electrons. The summed E-state index contributed by atoms with van der Waals surface area (Å²) in [6.45, 7) is 1.97. The van der Waals surface area contributed by atoms with Gasteiger partial charge in [-0.15, -0.1) is 11.3 Å². The lowest BCUT2D eigenvalue weighted by Gasteiger charge is -2.19. The number of hydrogen-bond acceptors (Lipinski definition) is 5. The lowest BCUT2D eigenvalue weighted by atomic mass is 9.98. The molecule has 7 heteroatoms. The monoisotopic (exact) mass is 331 g/mol. The van der Waals surface area contributed by atoms with Gasteiger partial charge in [-0.2, -0.15) is 0 Å². The summed E-state index contributed by atoms with van der Waals surface area (Å²) >= 11 is 1.54. The third kappa shape index (κ3) is 2.26. The molecule has 120 valence electrons. The van der Waals surface area contributed by atoms with E-state index in [-0.39, 0.29) is 18.5 Å². The molecule has 0 atom stereocenters. The number of thiophene rings is 1. The predicted octanol–water partition coefficient (Wildman–Crippen LogP) is 3.08. The van der Waals surface area contributed by atoms with Crippen LogP contribution in [0.4, 0.5) is 4.79 Å². The number of rotatable bonds is 3. The smallest absolute Gasteiger partial charge is 0.325 e. The molecule has 2 aromatic heterocycles. The van der Waals surface area contributed by atoms with Crippen molar-refractivity contribution in [2.45, 2.75) is 44.7 Å². The van der Waals surface area contributed by atoms with E-state index in [1.54, 1.807) is 11.3 Å². The minimum absolute atomic E-state index is 0.125. The van der Waals surface area contributed by atoms with Crippen LogP contribution in [-0.4, -0.2) is 27.4 Å². The molecule has 1 saturated heterocycles. The van der Waals surface area contributed by atoms with Gasteiger partial charge in [0.25, 0.3) is 5.91 Å². The Morgan fingerprint density at radius 3 is 2.87 bits per heavy atom. The number of urea groups is 1. The molecule has 1 aliphatic heterocycles. The Hall–Kier alpha value is -2.15. The van der Waals surface area contributed by atoms with Gasteiger partial charge in [-0.25, -0.2) is 9.78 Å². The van der Waals surface area contributed by atoms with Crippen molar-refractivity contribution in [1.29, 1.82) is 0 Å². The molecule has 0 bridgehead atoms. The third-order valence-electron chi connectivity index (χ3n) is 4.64. The number of amides is 3. The zero-order valence-electron chi connectivity index (χ0n) is 12.8. The molecule has 0 unspecified atom stereocenters. The van der Waals surface area contributed by atoms with Gasteiger partial charge < -0.3 is 9.73 Å². The van der Waals surface area contributed by atoms with Crippen LogP contribution in [0.2, 0.25) is 0 Å². The van der Waals surface area contributed by atoms with Gasteiger partial charge in [0, 0.05) is 0 Å². The Bertz CT molecular complexity index is 760. The van der Waals surface area contributed by atoms with Crippen molar-refractivity contribution in [1.82, 2.24) is 15.2 Å². The SMILES string of the molecule is Cc1oc(-c2cccs2)nc1CN1C(=O)NC2(CCCC2)C1=O. The average Bonchev–Trinajstić information content (AvgIpc) is 3.27. The Morgan fingerprint density at radius 1 is 1.39 bits per heavy atom. The molecule has 1 saturated carbocycles. The fourth-order valence-corrected chi connectivity index (χ4v) is 4.02. The minimum Gasteiger partial charge on any atom is -0.440 e. The lowest BCUT2D eigenvalue weighted by Crippen LogP contribution is -2.44. The highest BCUT2D eigenvalue weighted by atomic mass is 32.1. The summed E-state index contributed by atoms with van der Waals surface area (Å²) in [4.78, 5) is 31.6. The standard InChI is InChI=1S/C16H17N3O3S/c1-10-11(17-13(22-10)12-5-4-8-23-12)9-19-14(20)16(18-15(19)21)6-2-3-7-16/h4-5,8H,2-3,6-7,9H2,1H3,(H,18,21). The third-order valence-corrected chi connectivity index (χ3v) is 5.49. The molecule has 3 amide bonds. The molecule has 0 aromatic carbocycles. The molecule has 1 N–H and O–H groups in total. The molecule has 2 aliphatic rings. The zero-order chi connectivity index (χ0) is 16.0. The van der Waals surface area contributed by atoms with Crippen molar-refractivity contribution in [2.24, 2.45) is 0 Å². The molecule has 2 fully saturated rings. The molecule has 4 rings (SSSR count). The molecule has 2 aromatic rings. The maximum Gasteiger partial charge on any atom is 0.325 e. The normalized spacial score (nSPS) is 19.8. The first-order valence-electron chi connectivity index (χ1n) is 7.73. The fourth-order valence-electron chi connectivity index (χ4n) is 3.37. The van der Waals surface area contributed by atoms with Crippen LogP contribution in [0.15, 0.2) is 21.9 Å². The van der Waals surface area contributed by atoms with E-state index in [4.69, 9.17) is 4.42 Å². The number of carbonyl (C=O) groups excluding carboxylic acids is 2. The largest absolute Gasteiger partial charge is 0.440 e. The zero-order valence-corrected chi connectivity index (χ0v) is 13.6. The van der Waals surface area contributed by atoms with E-state index in [9.17, 15) is 9.59 Å². The number of nitrogens with one attached hydrogen (secondary N) is 1. The van der Waals surface area contributed by atoms with Crippen LogP contribution in [-0.2, 0) is 11.3 Å². The highest BCUT2D eigenvalue weighted by Crippen LogP contribution is 2.36. The summed E-state index contributed by atoms with van der Waals surface area (Å²) in [6, 6.07) is 3.54. The van der Waals surface area contributed by atoms with Crippen molar-refractivity contribution >= 4 is 23.3 Å². The van der Waals surface area contributed by atoms with Crippen molar-refractivity contribution in [3.63, 3.8) is 0 Å². The van der Waals surface area contributed by atoms with E-state index in [0.29, 0.717) is 17.3 Å². The van der Waals surface area contributed by atoms with Gasteiger partial charge in [0.1, 0.15) is 17.0 Å². The van der Waals surface area contributed by atoms with Gasteiger partial charge in [0.15, 0.2) is 0 Å². The number of oxazole rings is 1. The number of nitrogens with zero attached hydrogens (tertiary/aromatic N) is 2. The number of carbonyl (C=O) groups is 2. The molecular weight excluding hydrogens is 314 g/mol. The molecule has 1 spiro atoms. The van der Waals surface area contributed by atoms with Gasteiger partial charge in [-0.3, -0.25) is 9.69 Å². The predicted molar refractivity (Wildman–Crippen MR) is 84.8 cm³/mol. The van der Waals surface area contributed by atoms with Gasteiger partial charge in [-0.05, 0) is 31.2 Å². The molecule has 6 nitrogen and oxygen atoms in total. The van der Waals surface area contributed by atoms with Crippen LogP contribution in [0, 0.1) is 6.92 Å². The van der Waals surface area contributed by atoms with Gasteiger partial charge in [0.05, 0.1) is 11.4 Å². The maximum absolute atomic E-state index is 12.7. The summed E-state index contributed by atoms with van der Waals surface area (Å²) in [5, 5.41) is 4.84. The van der Waals surface area contributed by atoms with Crippen molar-refractivity contribution in [3.05, 3.63) is 29.0 Å².